The van der Waals surface area contributed by atoms with Gasteiger partial charge in [-0.1, -0.05) is 29.8 Å². The molecule has 3 rings (SSSR count). The number of azo groups is 1. The maximum Gasteiger partial charge on any atom is 0.146 e. The van der Waals surface area contributed by atoms with E-state index in [-0.39, 0.29) is 28.6 Å². The molecule has 0 bridgehead atoms. The summed E-state index contributed by atoms with van der Waals surface area (Å²) in [6, 6.07) is 13.0. The molecule has 0 spiro atoms. The van der Waals surface area contributed by atoms with Crippen LogP contribution in [0.1, 0.15) is 23.1 Å². The first-order valence-electron chi connectivity index (χ1n) is 8.16. The molecule has 2 N–H and O–H groups in total. The summed E-state index contributed by atoms with van der Waals surface area (Å²) in [6.07, 6.45) is 1.21. The molecular weight excluding hydrogens is 376 g/mol. The van der Waals surface area contributed by atoms with Crippen LogP contribution in [-0.4, -0.2) is 10.2 Å². The van der Waals surface area contributed by atoms with Gasteiger partial charge in [0.05, 0.1) is 0 Å². The van der Waals surface area contributed by atoms with Crippen LogP contribution in [0.25, 0.3) is 10.8 Å². The molecule has 0 aliphatic heterocycles. The number of nitrogens with zero attached hydrogens (tertiary/aromatic N) is 2. The van der Waals surface area contributed by atoms with E-state index in [2.05, 4.69) is 10.2 Å². The Labute approximate surface area is 164 Å². The molecule has 0 heterocycles. The van der Waals surface area contributed by atoms with E-state index in [4.69, 9.17) is 6.92 Å². The zero-order chi connectivity index (χ0) is 18.0. The number of phenols is 2. The normalized spacial score (nSPS) is 11.0. The van der Waals surface area contributed by atoms with Gasteiger partial charge >= 0.3 is 0 Å². The summed E-state index contributed by atoms with van der Waals surface area (Å²) in [6.45, 7) is 9.42. The SMILES string of the molecule is [CH]CCc1ccc(O)c(N=Nc2c(O)c(C)cc3cc(C)ccc23)c1.[Cu]. The number of benzene rings is 3. The van der Waals surface area contributed by atoms with Gasteiger partial charge in [0.1, 0.15) is 22.9 Å². The van der Waals surface area contributed by atoms with Crippen molar-refractivity contribution in [3.63, 3.8) is 0 Å². The van der Waals surface area contributed by atoms with Crippen molar-refractivity contribution >= 4 is 22.1 Å². The van der Waals surface area contributed by atoms with E-state index in [1.54, 1.807) is 12.1 Å². The summed E-state index contributed by atoms with van der Waals surface area (Å²) in [4.78, 5) is 0. The quantitative estimate of drug-likeness (QED) is 0.425. The Morgan fingerprint density at radius 3 is 2.46 bits per heavy atom. The van der Waals surface area contributed by atoms with Crippen molar-refractivity contribution in [1.82, 2.24) is 0 Å². The molecular formula is C21H20CuN2O2. The Kier molecular flexibility index (Phi) is 6.41. The number of fused-ring (bicyclic) bond motifs is 1. The fraction of sp³-hybridized carbons (Fsp3) is 0.190. The van der Waals surface area contributed by atoms with E-state index in [0.717, 1.165) is 27.5 Å². The van der Waals surface area contributed by atoms with E-state index in [1.165, 1.54) is 0 Å². The maximum atomic E-state index is 10.4. The van der Waals surface area contributed by atoms with Crippen molar-refractivity contribution < 1.29 is 27.3 Å². The minimum Gasteiger partial charge on any atom is -0.506 e. The van der Waals surface area contributed by atoms with Crippen molar-refractivity contribution in [3.05, 3.63) is 66.1 Å². The maximum absolute atomic E-state index is 10.4. The van der Waals surface area contributed by atoms with Crippen LogP contribution in [0.5, 0.6) is 11.5 Å². The molecule has 0 atom stereocenters. The Bertz CT molecular complexity index is 968. The van der Waals surface area contributed by atoms with Gasteiger partial charge in [-0.25, -0.2) is 0 Å². The fourth-order valence-corrected chi connectivity index (χ4v) is 2.81. The van der Waals surface area contributed by atoms with Crippen LogP contribution in [-0.2, 0) is 23.5 Å². The van der Waals surface area contributed by atoms with Gasteiger partial charge in [0, 0.05) is 22.5 Å². The minimum absolute atomic E-state index is 0. The zero-order valence-electron chi connectivity index (χ0n) is 14.6. The van der Waals surface area contributed by atoms with E-state index in [9.17, 15) is 10.2 Å². The molecule has 0 amide bonds. The van der Waals surface area contributed by atoms with Crippen LogP contribution >= 0.6 is 0 Å². The number of aryl methyl sites for hydroxylation is 3. The second-order valence-electron chi connectivity index (χ2n) is 6.18. The van der Waals surface area contributed by atoms with Crippen LogP contribution in [0.15, 0.2) is 52.7 Å². The summed E-state index contributed by atoms with van der Waals surface area (Å²) < 4.78 is 0. The number of phenolic OH excluding ortho intramolecular Hbond substituents is 2. The van der Waals surface area contributed by atoms with Gasteiger partial charge in [-0.2, -0.15) is 0 Å². The molecule has 3 aromatic carbocycles. The van der Waals surface area contributed by atoms with Crippen molar-refractivity contribution in [2.45, 2.75) is 26.7 Å². The molecule has 137 valence electrons. The molecule has 26 heavy (non-hydrogen) atoms. The van der Waals surface area contributed by atoms with Gasteiger partial charge in [-0.05, 0) is 68.3 Å². The molecule has 5 heteroatoms. The van der Waals surface area contributed by atoms with Crippen LogP contribution in [0.3, 0.4) is 0 Å². The monoisotopic (exact) mass is 395 g/mol. The molecule has 3 radical (unpaired) electrons. The smallest absolute Gasteiger partial charge is 0.146 e. The first-order valence-corrected chi connectivity index (χ1v) is 8.16. The van der Waals surface area contributed by atoms with Crippen LogP contribution in [0, 0.1) is 20.8 Å². The van der Waals surface area contributed by atoms with E-state index < -0.39 is 0 Å². The number of hydrogen-bond acceptors (Lipinski definition) is 4. The van der Waals surface area contributed by atoms with Gasteiger partial charge in [0.15, 0.2) is 0 Å². The molecule has 4 nitrogen and oxygen atoms in total. The Hall–Kier alpha value is -2.36. The molecule has 0 saturated carbocycles. The van der Waals surface area contributed by atoms with Crippen molar-refractivity contribution in [2.75, 3.05) is 0 Å². The summed E-state index contributed by atoms with van der Waals surface area (Å²) in [7, 11) is 0. The molecule has 0 aliphatic rings. The summed E-state index contributed by atoms with van der Waals surface area (Å²) in [5.74, 6) is 0.134. The second kappa shape index (κ2) is 8.35. The Morgan fingerprint density at radius 2 is 1.73 bits per heavy atom. The number of rotatable bonds is 4. The summed E-state index contributed by atoms with van der Waals surface area (Å²) in [5, 5.41) is 30.6. The van der Waals surface area contributed by atoms with Gasteiger partial charge in [0.25, 0.3) is 0 Å². The summed E-state index contributed by atoms with van der Waals surface area (Å²) in [5.41, 5.74) is 3.59. The van der Waals surface area contributed by atoms with Gasteiger partial charge in [-0.15, -0.1) is 10.2 Å². The standard InChI is InChI=1S/C21H20N2O2.Cu/c1-4-5-15-7-9-19(24)18(12-15)22-23-20-17-8-6-13(2)10-16(17)11-14(3)21(20)25;/h1,6-12,24-25H,4-5H2,2-3H3;. The molecule has 0 saturated heterocycles. The number of hydrogen-bond donors (Lipinski definition) is 2. The largest absolute Gasteiger partial charge is 0.506 e. The average Bonchev–Trinajstić information content (AvgIpc) is 2.58. The van der Waals surface area contributed by atoms with Gasteiger partial charge < -0.3 is 10.2 Å². The van der Waals surface area contributed by atoms with Crippen LogP contribution < -0.4 is 0 Å². The van der Waals surface area contributed by atoms with E-state index >= 15 is 0 Å². The predicted octanol–water partition coefficient (Wildman–Crippen LogP) is 5.92. The van der Waals surface area contributed by atoms with Crippen LogP contribution in [0.2, 0.25) is 0 Å². The topological polar surface area (TPSA) is 65.2 Å². The second-order valence-corrected chi connectivity index (χ2v) is 6.18. The minimum atomic E-state index is 0. The third-order valence-corrected chi connectivity index (χ3v) is 4.16. The molecule has 0 unspecified atom stereocenters. The zero-order valence-corrected chi connectivity index (χ0v) is 15.6. The molecule has 0 fully saturated rings. The van der Waals surface area contributed by atoms with Gasteiger partial charge in [-0.3, -0.25) is 0 Å². The molecule has 3 aromatic rings. The molecule has 0 aliphatic carbocycles. The molecule has 0 aromatic heterocycles. The third-order valence-electron chi connectivity index (χ3n) is 4.16. The summed E-state index contributed by atoms with van der Waals surface area (Å²) >= 11 is 0. The van der Waals surface area contributed by atoms with E-state index in [1.807, 2.05) is 44.2 Å². The first kappa shape index (κ1) is 20.0. The van der Waals surface area contributed by atoms with E-state index in [0.29, 0.717) is 24.2 Å². The Morgan fingerprint density at radius 1 is 0.962 bits per heavy atom. The fourth-order valence-electron chi connectivity index (χ4n) is 2.81. The van der Waals surface area contributed by atoms with Crippen LogP contribution in [0.4, 0.5) is 11.4 Å². The van der Waals surface area contributed by atoms with Gasteiger partial charge in [0.2, 0.25) is 0 Å². The average molecular weight is 396 g/mol. The van der Waals surface area contributed by atoms with Crippen molar-refractivity contribution in [1.29, 1.82) is 0 Å². The number of aromatic hydroxyl groups is 2. The predicted molar refractivity (Wildman–Crippen MR) is 100.0 cm³/mol. The van der Waals surface area contributed by atoms with Crippen molar-refractivity contribution in [2.24, 2.45) is 10.2 Å². The third kappa shape index (κ3) is 4.06. The Balaban J connectivity index is 0.00000243. The van der Waals surface area contributed by atoms with Crippen molar-refractivity contribution in [3.8, 4) is 11.5 Å². The first-order chi connectivity index (χ1) is 12.0.